The van der Waals surface area contributed by atoms with Crippen molar-refractivity contribution in [3.8, 4) is 0 Å². The number of rotatable bonds is 2. The summed E-state index contributed by atoms with van der Waals surface area (Å²) in [5.74, 6) is 0.411. The molecule has 1 atom stereocenters. The van der Waals surface area contributed by atoms with Crippen molar-refractivity contribution in [2.24, 2.45) is 11.0 Å². The first-order valence-electron chi connectivity index (χ1n) is 5.55. The molecule has 16 heavy (non-hydrogen) atoms. The zero-order valence-corrected chi connectivity index (χ0v) is 10.4. The summed E-state index contributed by atoms with van der Waals surface area (Å²) in [4.78, 5) is 11.6. The van der Waals surface area contributed by atoms with E-state index in [1.165, 1.54) is 11.8 Å². The van der Waals surface area contributed by atoms with Gasteiger partial charge in [-0.05, 0) is 5.92 Å². The zero-order valence-electron chi connectivity index (χ0n) is 9.60. The summed E-state index contributed by atoms with van der Waals surface area (Å²) in [7, 11) is 0. The molecule has 0 saturated carbocycles. The van der Waals surface area contributed by atoms with Crippen LogP contribution in [-0.4, -0.2) is 47.6 Å². The van der Waals surface area contributed by atoms with Crippen LogP contribution >= 0.6 is 11.8 Å². The molecular weight excluding hydrogens is 226 g/mol. The fourth-order valence-corrected chi connectivity index (χ4v) is 2.65. The van der Waals surface area contributed by atoms with Crippen molar-refractivity contribution in [3.63, 3.8) is 0 Å². The van der Waals surface area contributed by atoms with E-state index < -0.39 is 0 Å². The van der Waals surface area contributed by atoms with Gasteiger partial charge in [-0.3, -0.25) is 9.80 Å². The van der Waals surface area contributed by atoms with Crippen molar-refractivity contribution in [3.05, 3.63) is 0 Å². The second-order valence-electron chi connectivity index (χ2n) is 4.24. The molecule has 5 nitrogen and oxygen atoms in total. The average Bonchev–Trinajstić information content (AvgIpc) is 2.61. The molecule has 0 aromatic carbocycles. The van der Waals surface area contributed by atoms with Crippen LogP contribution in [0.3, 0.4) is 0 Å². The van der Waals surface area contributed by atoms with Crippen molar-refractivity contribution in [1.29, 1.82) is 0 Å². The van der Waals surface area contributed by atoms with Crippen molar-refractivity contribution in [1.82, 2.24) is 10.3 Å². The Labute approximate surface area is 99.6 Å². The third-order valence-corrected chi connectivity index (χ3v) is 3.97. The third-order valence-electron chi connectivity index (χ3n) is 2.55. The predicted molar refractivity (Wildman–Crippen MR) is 64.2 cm³/mol. The Morgan fingerprint density at radius 1 is 1.50 bits per heavy atom. The maximum atomic E-state index is 11.6. The Balaban J connectivity index is 1.96. The van der Waals surface area contributed by atoms with E-state index in [0.29, 0.717) is 19.1 Å². The van der Waals surface area contributed by atoms with Gasteiger partial charge in [0.15, 0.2) is 5.17 Å². The van der Waals surface area contributed by atoms with Crippen molar-refractivity contribution in [2.45, 2.75) is 19.1 Å². The molecule has 0 radical (unpaired) electrons. The molecule has 2 fully saturated rings. The quantitative estimate of drug-likeness (QED) is 0.766. The van der Waals surface area contributed by atoms with Gasteiger partial charge in [0.05, 0.1) is 31.6 Å². The molecule has 1 N–H and O–H groups in total. The highest BCUT2D eigenvalue weighted by atomic mass is 32.2. The molecule has 2 rings (SSSR count). The Kier molecular flexibility index (Phi) is 3.70. The lowest BCUT2D eigenvalue weighted by Gasteiger charge is -2.23. The number of carbonyl (C=O) groups is 1. The number of ether oxygens (including phenoxy) is 1. The van der Waals surface area contributed by atoms with E-state index in [2.05, 4.69) is 24.3 Å². The predicted octanol–water partition coefficient (Wildman–Crippen LogP) is 0.477. The van der Waals surface area contributed by atoms with E-state index in [1.807, 2.05) is 5.01 Å². The van der Waals surface area contributed by atoms with Gasteiger partial charge in [-0.15, -0.1) is 0 Å². The number of morpholine rings is 1. The number of amides is 1. The molecule has 1 unspecified atom stereocenters. The first kappa shape index (κ1) is 11.7. The average molecular weight is 243 g/mol. The maximum Gasteiger partial charge on any atom is 0.239 e. The number of amidine groups is 1. The standard InChI is InChI=1S/C10H17N3O2S/c1-7(2)8-9(14)11-10(16-8)12-13-3-5-15-6-4-13/h7-8H,3-6H2,1-2H3,(H,11,12,14). The molecule has 0 aliphatic carbocycles. The minimum atomic E-state index is -0.000194. The third kappa shape index (κ3) is 2.68. The topological polar surface area (TPSA) is 53.9 Å². The molecule has 90 valence electrons. The summed E-state index contributed by atoms with van der Waals surface area (Å²) in [5, 5.41) is 9.92. The highest BCUT2D eigenvalue weighted by Crippen LogP contribution is 2.26. The molecular formula is C10H17N3O2S. The SMILES string of the molecule is CC(C)C1SC(=NN2CCOCC2)NC1=O. The fourth-order valence-electron chi connectivity index (χ4n) is 1.65. The Bertz CT molecular complexity index is 300. The summed E-state index contributed by atoms with van der Waals surface area (Å²) >= 11 is 1.53. The van der Waals surface area contributed by atoms with E-state index in [0.717, 1.165) is 18.3 Å². The molecule has 0 bridgehead atoms. The van der Waals surface area contributed by atoms with Gasteiger partial charge in [-0.25, -0.2) is 0 Å². The molecule has 2 aliphatic heterocycles. The van der Waals surface area contributed by atoms with Crippen LogP contribution in [0.25, 0.3) is 0 Å². The van der Waals surface area contributed by atoms with Crippen LogP contribution in [0.15, 0.2) is 5.10 Å². The van der Waals surface area contributed by atoms with Gasteiger partial charge in [-0.2, -0.15) is 5.10 Å². The van der Waals surface area contributed by atoms with Gasteiger partial charge in [0.25, 0.3) is 0 Å². The van der Waals surface area contributed by atoms with Gasteiger partial charge < -0.3 is 10.1 Å². The molecule has 1 amide bonds. The highest BCUT2D eigenvalue weighted by molar-refractivity contribution is 8.15. The van der Waals surface area contributed by atoms with E-state index in [-0.39, 0.29) is 11.2 Å². The molecule has 0 aromatic rings. The fraction of sp³-hybridized carbons (Fsp3) is 0.800. The minimum absolute atomic E-state index is 0.000194. The lowest BCUT2D eigenvalue weighted by molar-refractivity contribution is -0.119. The number of hydrazone groups is 1. The number of carbonyl (C=O) groups excluding carboxylic acids is 1. The molecule has 0 aromatic heterocycles. The number of nitrogens with zero attached hydrogens (tertiary/aromatic N) is 2. The van der Waals surface area contributed by atoms with E-state index in [9.17, 15) is 4.79 Å². The van der Waals surface area contributed by atoms with Gasteiger partial charge in [0.1, 0.15) is 0 Å². The summed E-state index contributed by atoms with van der Waals surface area (Å²) in [6, 6.07) is 0. The number of hydrogen-bond donors (Lipinski definition) is 1. The molecule has 6 heteroatoms. The highest BCUT2D eigenvalue weighted by Gasteiger charge is 2.33. The first-order chi connectivity index (χ1) is 7.66. The largest absolute Gasteiger partial charge is 0.378 e. The monoisotopic (exact) mass is 243 g/mol. The normalized spacial score (nSPS) is 28.9. The summed E-state index contributed by atoms with van der Waals surface area (Å²) in [6.07, 6.45) is 0. The van der Waals surface area contributed by atoms with Gasteiger partial charge in [0, 0.05) is 0 Å². The van der Waals surface area contributed by atoms with Crippen LogP contribution in [0.4, 0.5) is 0 Å². The maximum absolute atomic E-state index is 11.6. The van der Waals surface area contributed by atoms with Crippen LogP contribution in [0.1, 0.15) is 13.8 Å². The Morgan fingerprint density at radius 3 is 2.75 bits per heavy atom. The second-order valence-corrected chi connectivity index (χ2v) is 5.37. The van der Waals surface area contributed by atoms with Gasteiger partial charge in [0.2, 0.25) is 5.91 Å². The van der Waals surface area contributed by atoms with Crippen molar-refractivity contribution >= 4 is 22.8 Å². The zero-order chi connectivity index (χ0) is 11.5. The first-order valence-corrected chi connectivity index (χ1v) is 6.43. The van der Waals surface area contributed by atoms with Crippen LogP contribution < -0.4 is 5.32 Å². The van der Waals surface area contributed by atoms with Crippen LogP contribution in [0.5, 0.6) is 0 Å². The van der Waals surface area contributed by atoms with Gasteiger partial charge in [-0.1, -0.05) is 25.6 Å². The van der Waals surface area contributed by atoms with Crippen LogP contribution in [0, 0.1) is 5.92 Å². The summed E-state index contributed by atoms with van der Waals surface area (Å²) < 4.78 is 5.24. The molecule has 0 spiro atoms. The summed E-state index contributed by atoms with van der Waals surface area (Å²) in [5.41, 5.74) is 0. The van der Waals surface area contributed by atoms with Crippen LogP contribution in [0.2, 0.25) is 0 Å². The Hall–Kier alpha value is -0.750. The van der Waals surface area contributed by atoms with E-state index in [4.69, 9.17) is 4.74 Å². The minimum Gasteiger partial charge on any atom is -0.378 e. The van der Waals surface area contributed by atoms with E-state index in [1.54, 1.807) is 0 Å². The lowest BCUT2D eigenvalue weighted by Crippen LogP contribution is -2.34. The molecule has 2 aliphatic rings. The number of thioether (sulfide) groups is 1. The number of nitrogens with one attached hydrogen (secondary N) is 1. The lowest BCUT2D eigenvalue weighted by atomic mass is 10.1. The second kappa shape index (κ2) is 5.05. The molecule has 2 heterocycles. The molecule has 2 saturated heterocycles. The van der Waals surface area contributed by atoms with Crippen molar-refractivity contribution in [2.75, 3.05) is 26.3 Å². The summed E-state index contributed by atoms with van der Waals surface area (Å²) in [6.45, 7) is 7.12. The smallest absolute Gasteiger partial charge is 0.239 e. The van der Waals surface area contributed by atoms with Crippen molar-refractivity contribution < 1.29 is 9.53 Å². The van der Waals surface area contributed by atoms with Gasteiger partial charge >= 0.3 is 0 Å². The number of hydrogen-bond acceptors (Lipinski definition) is 5. The van der Waals surface area contributed by atoms with E-state index >= 15 is 0 Å². The Morgan fingerprint density at radius 2 is 2.19 bits per heavy atom. The van der Waals surface area contributed by atoms with Crippen LogP contribution in [-0.2, 0) is 9.53 Å².